The Morgan fingerprint density at radius 1 is 1.11 bits per heavy atom. The molecule has 1 N–H and O–H groups in total. The molecule has 0 spiro atoms. The van der Waals surface area contributed by atoms with Crippen LogP contribution in [0.15, 0.2) is 47.7 Å². The number of likely N-dealkylation sites (tertiary alicyclic amines) is 1. The topological polar surface area (TPSA) is 45.5 Å². The number of guanidine groups is 1. The summed E-state index contributed by atoms with van der Waals surface area (Å²) in [5, 5.41) is 3.30. The predicted octanol–water partition coefficient (Wildman–Crippen LogP) is 4.52. The van der Waals surface area contributed by atoms with Crippen LogP contribution >= 0.6 is 24.0 Å². The number of para-hydroxylation sites is 1. The van der Waals surface area contributed by atoms with Gasteiger partial charge in [0.15, 0.2) is 5.96 Å². The fraction of sp³-hybridized carbons (Fsp3) is 0.444. The van der Waals surface area contributed by atoms with Gasteiger partial charge in [-0.15, -0.1) is 24.0 Å². The van der Waals surface area contributed by atoms with Gasteiger partial charge >= 0.3 is 6.18 Å². The first kappa shape index (κ1) is 21.5. The molecule has 5 nitrogen and oxygen atoms in total. The Balaban J connectivity index is 0.00000261. The highest BCUT2D eigenvalue weighted by Crippen LogP contribution is 2.19. The van der Waals surface area contributed by atoms with Gasteiger partial charge in [0.05, 0.1) is 0 Å². The first-order valence-corrected chi connectivity index (χ1v) is 8.69. The zero-order chi connectivity index (χ0) is 18.4. The normalized spacial score (nSPS) is 15.4. The number of nitrogens with one attached hydrogen (secondary N) is 1. The number of anilines is 1. The van der Waals surface area contributed by atoms with Crippen molar-refractivity contribution in [3.8, 4) is 0 Å². The zero-order valence-corrected chi connectivity index (χ0v) is 17.2. The van der Waals surface area contributed by atoms with Gasteiger partial charge in [-0.25, -0.2) is 9.98 Å². The standard InChI is InChI=1S/C18H22F3N5.HI/c19-18(20,21)14-26-12-9-22-16(26)13-23-17(25-10-5-2-6-11-25)24-15-7-3-1-4-8-15;/h1,3-4,7-9,12H,2,5-6,10-11,13-14H2,(H,23,24);1H. The van der Waals surface area contributed by atoms with Crippen molar-refractivity contribution in [2.45, 2.75) is 38.5 Å². The zero-order valence-electron chi connectivity index (χ0n) is 14.8. The number of aliphatic imine (C=N–C) groups is 1. The molecular weight excluding hydrogens is 470 g/mol. The largest absolute Gasteiger partial charge is 0.406 e. The number of hydrogen-bond acceptors (Lipinski definition) is 2. The minimum atomic E-state index is -4.28. The fourth-order valence-electron chi connectivity index (χ4n) is 2.95. The Bertz CT molecular complexity index is 724. The number of hydrogen-bond donors (Lipinski definition) is 1. The lowest BCUT2D eigenvalue weighted by molar-refractivity contribution is -0.141. The third-order valence-corrected chi connectivity index (χ3v) is 4.21. The van der Waals surface area contributed by atoms with Crippen molar-refractivity contribution in [3.05, 3.63) is 48.5 Å². The van der Waals surface area contributed by atoms with E-state index in [9.17, 15) is 13.2 Å². The van der Waals surface area contributed by atoms with Gasteiger partial charge in [-0.05, 0) is 31.4 Å². The molecule has 2 aromatic rings. The summed E-state index contributed by atoms with van der Waals surface area (Å²) in [4.78, 5) is 10.7. The number of aromatic nitrogens is 2. The summed E-state index contributed by atoms with van der Waals surface area (Å²) < 4.78 is 39.1. The minimum Gasteiger partial charge on any atom is -0.343 e. The Morgan fingerprint density at radius 3 is 2.48 bits per heavy atom. The SMILES string of the molecule is FC(F)(F)Cn1ccnc1CN=C(Nc1ccccc1)N1CCCCC1.I. The van der Waals surface area contributed by atoms with Crippen LogP contribution in [0.5, 0.6) is 0 Å². The number of alkyl halides is 3. The molecule has 9 heteroatoms. The highest BCUT2D eigenvalue weighted by Gasteiger charge is 2.28. The van der Waals surface area contributed by atoms with Gasteiger partial charge in [0.25, 0.3) is 0 Å². The first-order valence-electron chi connectivity index (χ1n) is 8.69. The number of halogens is 4. The van der Waals surface area contributed by atoms with Gasteiger partial charge in [-0.1, -0.05) is 18.2 Å². The van der Waals surface area contributed by atoms with Crippen LogP contribution in [0.1, 0.15) is 25.1 Å². The van der Waals surface area contributed by atoms with E-state index in [4.69, 9.17) is 0 Å². The van der Waals surface area contributed by atoms with Crippen LogP contribution in [-0.4, -0.2) is 39.7 Å². The number of imidazole rings is 1. The molecule has 1 aliphatic rings. The van der Waals surface area contributed by atoms with Crippen LogP contribution in [0.25, 0.3) is 0 Å². The van der Waals surface area contributed by atoms with Gasteiger partial charge in [-0.3, -0.25) is 0 Å². The Kier molecular flexibility index (Phi) is 7.93. The summed E-state index contributed by atoms with van der Waals surface area (Å²) in [6.07, 6.45) is 1.78. The van der Waals surface area contributed by atoms with E-state index in [1.54, 1.807) is 0 Å². The maximum atomic E-state index is 12.7. The maximum Gasteiger partial charge on any atom is 0.406 e. The highest BCUT2D eigenvalue weighted by molar-refractivity contribution is 14.0. The summed E-state index contributed by atoms with van der Waals surface area (Å²) in [5.41, 5.74) is 0.899. The minimum absolute atomic E-state index is 0. The predicted molar refractivity (Wildman–Crippen MR) is 110 cm³/mol. The third-order valence-electron chi connectivity index (χ3n) is 4.21. The third kappa shape index (κ3) is 6.71. The molecule has 148 valence electrons. The van der Waals surface area contributed by atoms with Crippen LogP contribution in [0, 0.1) is 0 Å². The Morgan fingerprint density at radius 2 is 1.81 bits per heavy atom. The van der Waals surface area contributed by atoms with E-state index in [2.05, 4.69) is 20.2 Å². The van der Waals surface area contributed by atoms with Crippen molar-refractivity contribution < 1.29 is 13.2 Å². The van der Waals surface area contributed by atoms with Gasteiger partial charge in [0, 0.05) is 31.2 Å². The van der Waals surface area contributed by atoms with Crippen molar-refractivity contribution in [1.29, 1.82) is 0 Å². The molecule has 0 unspecified atom stereocenters. The van der Waals surface area contributed by atoms with E-state index in [0.29, 0.717) is 11.8 Å². The summed E-state index contributed by atoms with van der Waals surface area (Å²) in [7, 11) is 0. The lowest BCUT2D eigenvalue weighted by Gasteiger charge is -2.30. The van der Waals surface area contributed by atoms with Crippen molar-refractivity contribution >= 4 is 35.6 Å². The molecule has 0 atom stereocenters. The highest BCUT2D eigenvalue weighted by atomic mass is 127. The molecule has 1 fully saturated rings. The number of nitrogens with zero attached hydrogens (tertiary/aromatic N) is 4. The second-order valence-electron chi connectivity index (χ2n) is 6.27. The molecule has 1 aromatic carbocycles. The summed E-state index contributed by atoms with van der Waals surface area (Å²) in [6, 6.07) is 9.64. The van der Waals surface area contributed by atoms with Gasteiger partial charge in [-0.2, -0.15) is 13.2 Å². The van der Waals surface area contributed by atoms with Gasteiger partial charge < -0.3 is 14.8 Å². The van der Waals surface area contributed by atoms with E-state index in [-0.39, 0.29) is 30.5 Å². The smallest absolute Gasteiger partial charge is 0.343 e. The first-order chi connectivity index (χ1) is 12.5. The molecule has 0 bridgehead atoms. The van der Waals surface area contributed by atoms with E-state index in [1.165, 1.54) is 18.8 Å². The molecule has 2 heterocycles. The van der Waals surface area contributed by atoms with Crippen molar-refractivity contribution in [3.63, 3.8) is 0 Å². The summed E-state index contributed by atoms with van der Waals surface area (Å²) in [6.45, 7) is 0.809. The van der Waals surface area contributed by atoms with Crippen LogP contribution in [0.4, 0.5) is 18.9 Å². The second kappa shape index (κ2) is 9.95. The molecule has 1 aromatic heterocycles. The monoisotopic (exact) mass is 493 g/mol. The average Bonchev–Trinajstić information content (AvgIpc) is 3.05. The molecule has 0 radical (unpaired) electrons. The average molecular weight is 493 g/mol. The van der Waals surface area contributed by atoms with Crippen LogP contribution in [-0.2, 0) is 13.1 Å². The summed E-state index contributed by atoms with van der Waals surface area (Å²) >= 11 is 0. The van der Waals surface area contributed by atoms with E-state index < -0.39 is 12.7 Å². The van der Waals surface area contributed by atoms with E-state index >= 15 is 0 Å². The molecular formula is C18H23F3IN5. The lowest BCUT2D eigenvalue weighted by atomic mass is 10.1. The van der Waals surface area contributed by atoms with Crippen molar-refractivity contribution in [1.82, 2.24) is 14.5 Å². The van der Waals surface area contributed by atoms with Crippen molar-refractivity contribution in [2.24, 2.45) is 4.99 Å². The second-order valence-corrected chi connectivity index (χ2v) is 6.27. The van der Waals surface area contributed by atoms with Gasteiger partial charge in [0.1, 0.15) is 18.9 Å². The van der Waals surface area contributed by atoms with E-state index in [0.717, 1.165) is 36.2 Å². The molecule has 0 aliphatic carbocycles. The van der Waals surface area contributed by atoms with Gasteiger partial charge in [0.2, 0.25) is 0 Å². The molecule has 1 aliphatic heterocycles. The number of piperidine rings is 1. The summed E-state index contributed by atoms with van der Waals surface area (Å²) in [5.74, 6) is 0.976. The maximum absolute atomic E-state index is 12.7. The van der Waals surface area contributed by atoms with Crippen LogP contribution in [0.2, 0.25) is 0 Å². The Labute approximate surface area is 173 Å². The molecule has 0 amide bonds. The van der Waals surface area contributed by atoms with Crippen LogP contribution < -0.4 is 5.32 Å². The molecule has 0 saturated carbocycles. The number of benzene rings is 1. The molecule has 3 rings (SSSR count). The van der Waals surface area contributed by atoms with Crippen molar-refractivity contribution in [2.75, 3.05) is 18.4 Å². The Hall–Kier alpha value is -1.78. The van der Waals surface area contributed by atoms with Crippen LogP contribution in [0.3, 0.4) is 0 Å². The quantitative estimate of drug-likeness (QED) is 0.387. The molecule has 1 saturated heterocycles. The number of rotatable bonds is 4. The molecule has 27 heavy (non-hydrogen) atoms. The lowest BCUT2D eigenvalue weighted by Crippen LogP contribution is -2.40. The fourth-order valence-corrected chi connectivity index (χ4v) is 2.95. The van der Waals surface area contributed by atoms with E-state index in [1.807, 2.05) is 30.3 Å².